The van der Waals surface area contributed by atoms with Crippen LogP contribution in [0.25, 0.3) is 0 Å². The third-order valence-corrected chi connectivity index (χ3v) is 1.86. The van der Waals surface area contributed by atoms with E-state index in [2.05, 4.69) is 10.3 Å². The van der Waals surface area contributed by atoms with Crippen molar-refractivity contribution in [3.8, 4) is 0 Å². The number of carboxylic acid groups (broad SMARTS) is 1. The number of carbonyl (C=O) groups is 1. The first kappa shape index (κ1) is 12.4. The molecule has 0 radical (unpaired) electrons. The van der Waals surface area contributed by atoms with Gasteiger partial charge in [-0.05, 0) is 26.0 Å². The number of aromatic nitrogens is 1. The molecule has 0 fully saturated rings. The van der Waals surface area contributed by atoms with Crippen molar-refractivity contribution < 1.29 is 14.6 Å². The fourth-order valence-electron chi connectivity index (χ4n) is 1.11. The minimum atomic E-state index is -1.02. The van der Waals surface area contributed by atoms with Gasteiger partial charge in [0.05, 0.1) is 24.6 Å². The van der Waals surface area contributed by atoms with Crippen LogP contribution in [-0.4, -0.2) is 35.3 Å². The molecule has 0 aromatic carbocycles. The van der Waals surface area contributed by atoms with Crippen LogP contribution < -0.4 is 5.32 Å². The average Bonchev–Trinajstić information content (AvgIpc) is 2.25. The first-order chi connectivity index (χ1) is 7.59. The molecule has 0 aliphatic carbocycles. The molecule has 16 heavy (non-hydrogen) atoms. The van der Waals surface area contributed by atoms with Crippen LogP contribution in [0.3, 0.4) is 0 Å². The maximum atomic E-state index is 10.5. The molecule has 0 unspecified atom stereocenters. The molecule has 1 rings (SSSR count). The Morgan fingerprint density at radius 2 is 2.31 bits per heavy atom. The molecule has 1 aromatic heterocycles. The zero-order valence-electron chi connectivity index (χ0n) is 9.43. The van der Waals surface area contributed by atoms with E-state index in [1.165, 1.54) is 12.3 Å². The van der Waals surface area contributed by atoms with Crippen LogP contribution >= 0.6 is 0 Å². The van der Waals surface area contributed by atoms with Gasteiger partial charge in [-0.25, -0.2) is 9.78 Å². The summed E-state index contributed by atoms with van der Waals surface area (Å²) in [7, 11) is 0. The highest BCUT2D eigenvalue weighted by atomic mass is 16.5. The number of nitrogens with one attached hydrogen (secondary N) is 1. The summed E-state index contributed by atoms with van der Waals surface area (Å²) in [6.07, 6.45) is 1.72. The molecule has 0 saturated carbocycles. The van der Waals surface area contributed by atoms with Gasteiger partial charge in [0.15, 0.2) is 0 Å². The molecular weight excluding hydrogens is 208 g/mol. The lowest BCUT2D eigenvalue weighted by atomic mass is 10.3. The van der Waals surface area contributed by atoms with E-state index < -0.39 is 5.97 Å². The van der Waals surface area contributed by atoms with Crippen LogP contribution in [0.1, 0.15) is 24.3 Å². The van der Waals surface area contributed by atoms with E-state index >= 15 is 0 Å². The number of rotatable bonds is 6. The summed E-state index contributed by atoms with van der Waals surface area (Å²) in [5.41, 5.74) is 0.835. The topological polar surface area (TPSA) is 71.5 Å². The van der Waals surface area contributed by atoms with E-state index in [-0.39, 0.29) is 11.8 Å². The number of hydrogen-bond donors (Lipinski definition) is 2. The molecule has 88 valence electrons. The molecule has 0 saturated heterocycles. The highest BCUT2D eigenvalue weighted by molar-refractivity contribution is 5.85. The van der Waals surface area contributed by atoms with E-state index in [4.69, 9.17) is 9.84 Å². The summed E-state index contributed by atoms with van der Waals surface area (Å²) in [6.45, 7) is 5.23. The van der Waals surface area contributed by atoms with Crippen LogP contribution in [0, 0.1) is 0 Å². The van der Waals surface area contributed by atoms with E-state index in [9.17, 15) is 4.79 Å². The molecule has 5 heteroatoms. The van der Waals surface area contributed by atoms with Gasteiger partial charge in [-0.3, -0.25) is 0 Å². The second-order valence-corrected chi connectivity index (χ2v) is 3.58. The largest absolute Gasteiger partial charge is 0.477 e. The van der Waals surface area contributed by atoms with Crippen LogP contribution in [0.5, 0.6) is 0 Å². The van der Waals surface area contributed by atoms with Gasteiger partial charge in [0, 0.05) is 6.54 Å². The zero-order valence-corrected chi connectivity index (χ0v) is 9.43. The number of pyridine rings is 1. The molecule has 0 amide bonds. The van der Waals surface area contributed by atoms with Crippen LogP contribution in [-0.2, 0) is 4.74 Å². The Kier molecular flexibility index (Phi) is 4.72. The highest BCUT2D eigenvalue weighted by Gasteiger charge is 2.02. The normalized spacial score (nSPS) is 10.4. The van der Waals surface area contributed by atoms with Gasteiger partial charge in [0.1, 0.15) is 5.69 Å². The van der Waals surface area contributed by atoms with Crippen molar-refractivity contribution in [1.82, 2.24) is 4.98 Å². The summed E-state index contributed by atoms with van der Waals surface area (Å²) in [6, 6.07) is 3.15. The second kappa shape index (κ2) is 6.07. The Morgan fingerprint density at radius 3 is 2.81 bits per heavy atom. The van der Waals surface area contributed by atoms with Gasteiger partial charge in [-0.1, -0.05) is 0 Å². The predicted octanol–water partition coefficient (Wildman–Crippen LogP) is 1.62. The summed E-state index contributed by atoms with van der Waals surface area (Å²) in [5, 5.41) is 11.7. The first-order valence-electron chi connectivity index (χ1n) is 5.14. The Balaban J connectivity index is 2.35. The van der Waals surface area contributed by atoms with Crippen molar-refractivity contribution in [3.63, 3.8) is 0 Å². The van der Waals surface area contributed by atoms with Gasteiger partial charge in [-0.15, -0.1) is 0 Å². The highest BCUT2D eigenvalue weighted by Crippen LogP contribution is 2.05. The van der Waals surface area contributed by atoms with E-state index in [0.717, 1.165) is 5.69 Å². The standard InChI is InChI=1S/C11H16N2O3/c1-8(2)16-6-5-12-9-3-4-10(11(14)15)13-7-9/h3-4,7-8,12H,5-6H2,1-2H3,(H,14,15). The molecule has 0 atom stereocenters. The number of anilines is 1. The Morgan fingerprint density at radius 1 is 1.56 bits per heavy atom. The van der Waals surface area contributed by atoms with Crippen molar-refractivity contribution in [2.45, 2.75) is 20.0 Å². The van der Waals surface area contributed by atoms with Gasteiger partial charge >= 0.3 is 5.97 Å². The quantitative estimate of drug-likeness (QED) is 0.718. The fraction of sp³-hybridized carbons (Fsp3) is 0.455. The van der Waals surface area contributed by atoms with E-state index in [1.54, 1.807) is 6.07 Å². The van der Waals surface area contributed by atoms with E-state index in [0.29, 0.717) is 13.2 Å². The van der Waals surface area contributed by atoms with Gasteiger partial charge < -0.3 is 15.2 Å². The zero-order chi connectivity index (χ0) is 12.0. The molecule has 1 heterocycles. The van der Waals surface area contributed by atoms with Gasteiger partial charge in [0.2, 0.25) is 0 Å². The lowest BCUT2D eigenvalue weighted by Gasteiger charge is -2.09. The van der Waals surface area contributed by atoms with Gasteiger partial charge in [-0.2, -0.15) is 0 Å². The Bertz CT molecular complexity index is 336. The maximum Gasteiger partial charge on any atom is 0.354 e. The van der Waals surface area contributed by atoms with Crippen molar-refractivity contribution in [1.29, 1.82) is 0 Å². The van der Waals surface area contributed by atoms with Crippen molar-refractivity contribution in [2.75, 3.05) is 18.5 Å². The van der Waals surface area contributed by atoms with Crippen molar-refractivity contribution in [2.24, 2.45) is 0 Å². The number of ether oxygens (including phenoxy) is 1. The third kappa shape index (κ3) is 4.27. The van der Waals surface area contributed by atoms with Crippen molar-refractivity contribution >= 4 is 11.7 Å². The molecule has 0 aliphatic rings. The minimum Gasteiger partial charge on any atom is -0.477 e. The molecule has 1 aromatic rings. The lowest BCUT2D eigenvalue weighted by molar-refractivity contribution is 0.0690. The number of nitrogens with zero attached hydrogens (tertiary/aromatic N) is 1. The minimum absolute atomic E-state index is 0.0454. The van der Waals surface area contributed by atoms with Crippen LogP contribution in [0.15, 0.2) is 18.3 Å². The van der Waals surface area contributed by atoms with E-state index in [1.807, 2.05) is 13.8 Å². The van der Waals surface area contributed by atoms with Crippen molar-refractivity contribution in [3.05, 3.63) is 24.0 Å². The monoisotopic (exact) mass is 224 g/mol. The smallest absolute Gasteiger partial charge is 0.354 e. The summed E-state index contributed by atoms with van der Waals surface area (Å²) < 4.78 is 5.35. The third-order valence-electron chi connectivity index (χ3n) is 1.86. The molecule has 0 spiro atoms. The average molecular weight is 224 g/mol. The molecular formula is C11H16N2O3. The maximum absolute atomic E-state index is 10.5. The predicted molar refractivity (Wildman–Crippen MR) is 60.8 cm³/mol. The van der Waals surface area contributed by atoms with Crippen LogP contribution in [0.2, 0.25) is 0 Å². The fourth-order valence-corrected chi connectivity index (χ4v) is 1.11. The number of hydrogen-bond acceptors (Lipinski definition) is 4. The van der Waals surface area contributed by atoms with Gasteiger partial charge in [0.25, 0.3) is 0 Å². The Labute approximate surface area is 94.5 Å². The summed E-state index contributed by atoms with van der Waals surface area (Å²) in [4.78, 5) is 14.3. The second-order valence-electron chi connectivity index (χ2n) is 3.58. The van der Waals surface area contributed by atoms with Crippen LogP contribution in [0.4, 0.5) is 5.69 Å². The molecule has 5 nitrogen and oxygen atoms in total. The molecule has 2 N–H and O–H groups in total. The summed E-state index contributed by atoms with van der Waals surface area (Å²) >= 11 is 0. The Hall–Kier alpha value is -1.62. The number of aromatic carboxylic acids is 1. The molecule has 0 aliphatic heterocycles. The summed E-state index contributed by atoms with van der Waals surface area (Å²) in [5.74, 6) is -1.02. The molecule has 0 bridgehead atoms. The first-order valence-corrected chi connectivity index (χ1v) is 5.14. The number of carboxylic acids is 1. The lowest BCUT2D eigenvalue weighted by Crippen LogP contribution is -2.13. The SMILES string of the molecule is CC(C)OCCNc1ccc(C(=O)O)nc1.